The van der Waals surface area contributed by atoms with Crippen molar-refractivity contribution in [3.05, 3.63) is 71.9 Å². The summed E-state index contributed by atoms with van der Waals surface area (Å²) in [5, 5.41) is 13.8. The van der Waals surface area contributed by atoms with Crippen LogP contribution >= 0.6 is 0 Å². The Hall–Kier alpha value is -3.43. The van der Waals surface area contributed by atoms with Crippen molar-refractivity contribution in [2.24, 2.45) is 16.1 Å². The Morgan fingerprint density at radius 2 is 1.97 bits per heavy atom. The molecule has 1 aliphatic rings. The van der Waals surface area contributed by atoms with E-state index in [4.69, 9.17) is 15.0 Å². The summed E-state index contributed by atoms with van der Waals surface area (Å²) in [5.74, 6) is 0.255. The molecule has 2 heterocycles. The fourth-order valence-electron chi connectivity index (χ4n) is 2.95. The summed E-state index contributed by atoms with van der Waals surface area (Å²) in [7, 11) is 1.56. The van der Waals surface area contributed by atoms with E-state index in [2.05, 4.69) is 20.5 Å². The van der Waals surface area contributed by atoms with Crippen molar-refractivity contribution in [2.75, 3.05) is 18.7 Å². The van der Waals surface area contributed by atoms with E-state index in [1.807, 2.05) is 24.3 Å². The molecule has 29 heavy (non-hydrogen) atoms. The molecule has 1 unspecified atom stereocenters. The molecule has 4 rings (SSSR count). The monoisotopic (exact) mass is 394 g/mol. The van der Waals surface area contributed by atoms with E-state index in [1.54, 1.807) is 31.4 Å². The summed E-state index contributed by atoms with van der Waals surface area (Å²) in [6.07, 6.45) is 1.76. The number of nitrogens with zero attached hydrogens (tertiary/aromatic N) is 5. The zero-order valence-corrected chi connectivity index (χ0v) is 15.7. The number of benzene rings is 2. The van der Waals surface area contributed by atoms with E-state index in [0.717, 1.165) is 11.1 Å². The Morgan fingerprint density at radius 3 is 2.69 bits per heavy atom. The Morgan fingerprint density at radius 1 is 1.17 bits per heavy atom. The second-order valence-electron chi connectivity index (χ2n) is 6.38. The fourth-order valence-corrected chi connectivity index (χ4v) is 2.95. The highest BCUT2D eigenvalue weighted by atomic mass is 19.1. The van der Waals surface area contributed by atoms with Gasteiger partial charge in [-0.2, -0.15) is 4.98 Å². The van der Waals surface area contributed by atoms with Crippen molar-refractivity contribution in [1.29, 1.82) is 0 Å². The number of ether oxygens (including phenoxy) is 1. The first-order valence-electron chi connectivity index (χ1n) is 8.99. The number of rotatable bonds is 6. The summed E-state index contributed by atoms with van der Waals surface area (Å²) in [6.45, 7) is 0.739. The molecule has 148 valence electrons. The zero-order chi connectivity index (χ0) is 20.2. The highest BCUT2D eigenvalue weighted by Gasteiger charge is 2.26. The van der Waals surface area contributed by atoms with Crippen LogP contribution in [0.1, 0.15) is 11.5 Å². The molecule has 8 nitrogen and oxygen atoms in total. The molecule has 0 aliphatic carbocycles. The van der Waals surface area contributed by atoms with Crippen molar-refractivity contribution in [3.63, 3.8) is 0 Å². The highest BCUT2D eigenvalue weighted by molar-refractivity contribution is 5.64. The van der Waals surface area contributed by atoms with Gasteiger partial charge in [0.25, 0.3) is 5.89 Å². The topological polar surface area (TPSA) is 102 Å². The van der Waals surface area contributed by atoms with Gasteiger partial charge >= 0.3 is 0 Å². The first-order chi connectivity index (χ1) is 14.2. The van der Waals surface area contributed by atoms with Gasteiger partial charge < -0.3 is 15.0 Å². The van der Waals surface area contributed by atoms with E-state index in [0.29, 0.717) is 23.8 Å². The van der Waals surface area contributed by atoms with Gasteiger partial charge in [-0.3, -0.25) is 0 Å². The van der Waals surface area contributed by atoms with E-state index in [9.17, 15) is 4.39 Å². The number of aromatic nitrogens is 2. The van der Waals surface area contributed by atoms with Gasteiger partial charge in [0.1, 0.15) is 5.82 Å². The minimum atomic E-state index is -0.398. The minimum Gasteiger partial charge on any atom is -0.382 e. The molecule has 2 aromatic carbocycles. The smallest absolute Gasteiger partial charge is 0.278 e. The third-order valence-corrected chi connectivity index (χ3v) is 4.44. The van der Waals surface area contributed by atoms with E-state index >= 15 is 0 Å². The van der Waals surface area contributed by atoms with Crippen LogP contribution < -0.4 is 10.7 Å². The van der Waals surface area contributed by atoms with E-state index < -0.39 is 5.82 Å². The molecule has 1 atom stereocenters. The van der Waals surface area contributed by atoms with Crippen LogP contribution in [0.15, 0.2) is 69.5 Å². The Kier molecular flexibility index (Phi) is 5.41. The maximum atomic E-state index is 14.2. The van der Waals surface area contributed by atoms with Crippen LogP contribution in [0.5, 0.6) is 0 Å². The standard InChI is InChI=1S/C20H19FN6O2/c1-28-12-15-10-17(24-26-27(15)18-5-3-2-4-16(18)21)20-23-19(25-29-20)14-8-6-13(11-22)7-9-14/h2-10,15H,11-12,22H2,1H3. The van der Waals surface area contributed by atoms with Crippen LogP contribution in [-0.4, -0.2) is 29.9 Å². The summed E-state index contributed by atoms with van der Waals surface area (Å²) < 4.78 is 24.8. The Bertz CT molecular complexity index is 1050. The van der Waals surface area contributed by atoms with Crippen LogP contribution in [0.25, 0.3) is 17.1 Å². The lowest BCUT2D eigenvalue weighted by molar-refractivity contribution is 0.187. The molecule has 9 heteroatoms. The van der Waals surface area contributed by atoms with Crippen molar-refractivity contribution in [2.45, 2.75) is 12.6 Å². The number of para-hydroxylation sites is 1. The first-order valence-corrected chi connectivity index (χ1v) is 8.99. The van der Waals surface area contributed by atoms with Crippen LogP contribution in [0.3, 0.4) is 0 Å². The predicted octanol–water partition coefficient (Wildman–Crippen LogP) is 3.58. The minimum absolute atomic E-state index is 0.223. The van der Waals surface area contributed by atoms with Gasteiger partial charge in [0.2, 0.25) is 5.82 Å². The van der Waals surface area contributed by atoms with Crippen molar-refractivity contribution < 1.29 is 13.7 Å². The fraction of sp³-hybridized carbons (Fsp3) is 0.200. The molecule has 1 aliphatic heterocycles. The van der Waals surface area contributed by atoms with Gasteiger partial charge in [0.15, 0.2) is 5.70 Å². The second kappa shape index (κ2) is 8.29. The number of halogens is 1. The van der Waals surface area contributed by atoms with Crippen LogP contribution in [0.4, 0.5) is 10.1 Å². The molecule has 0 saturated heterocycles. The van der Waals surface area contributed by atoms with Crippen LogP contribution in [-0.2, 0) is 11.3 Å². The number of hydrogen-bond acceptors (Lipinski definition) is 8. The predicted molar refractivity (Wildman–Crippen MR) is 105 cm³/mol. The van der Waals surface area contributed by atoms with E-state index in [1.165, 1.54) is 11.1 Å². The Labute approximate surface area is 166 Å². The molecule has 3 aromatic rings. The lowest BCUT2D eigenvalue weighted by atomic mass is 10.1. The third-order valence-electron chi connectivity index (χ3n) is 4.44. The molecule has 0 bridgehead atoms. The maximum absolute atomic E-state index is 14.2. The van der Waals surface area contributed by atoms with Gasteiger partial charge in [-0.05, 0) is 23.8 Å². The Balaban J connectivity index is 1.61. The summed E-state index contributed by atoms with van der Waals surface area (Å²) >= 11 is 0. The largest absolute Gasteiger partial charge is 0.382 e. The second-order valence-corrected chi connectivity index (χ2v) is 6.38. The normalized spacial score (nSPS) is 16.2. The average Bonchev–Trinajstić information content (AvgIpc) is 3.25. The summed E-state index contributed by atoms with van der Waals surface area (Å²) in [6, 6.07) is 13.5. The SMILES string of the molecule is COCC1C=C(c2nc(-c3ccc(CN)cc3)no2)N=NN1c1ccccc1F. The zero-order valence-electron chi connectivity index (χ0n) is 15.7. The molecular formula is C20H19FN6O2. The van der Waals surface area contributed by atoms with Gasteiger partial charge in [-0.15, -0.1) is 5.11 Å². The first kappa shape index (κ1) is 18.9. The number of methoxy groups -OCH3 is 1. The quantitative estimate of drug-likeness (QED) is 0.686. The van der Waals surface area contributed by atoms with Crippen molar-refractivity contribution in [1.82, 2.24) is 10.1 Å². The number of hydrogen-bond donors (Lipinski definition) is 1. The van der Waals surface area contributed by atoms with Crippen molar-refractivity contribution >= 4 is 11.4 Å². The lowest BCUT2D eigenvalue weighted by Gasteiger charge is -2.28. The van der Waals surface area contributed by atoms with Crippen LogP contribution in [0, 0.1) is 5.82 Å². The van der Waals surface area contributed by atoms with Crippen molar-refractivity contribution in [3.8, 4) is 11.4 Å². The average molecular weight is 394 g/mol. The molecule has 0 spiro atoms. The van der Waals surface area contributed by atoms with E-state index in [-0.39, 0.29) is 18.5 Å². The highest BCUT2D eigenvalue weighted by Crippen LogP contribution is 2.29. The summed E-state index contributed by atoms with van der Waals surface area (Å²) in [4.78, 5) is 4.41. The van der Waals surface area contributed by atoms with Gasteiger partial charge in [-0.1, -0.05) is 46.8 Å². The number of anilines is 1. The molecule has 2 N–H and O–H groups in total. The molecule has 1 aromatic heterocycles. The molecule has 0 saturated carbocycles. The molecule has 0 amide bonds. The van der Waals surface area contributed by atoms with Crippen LogP contribution in [0.2, 0.25) is 0 Å². The summed E-state index contributed by atoms with van der Waals surface area (Å²) in [5.41, 5.74) is 8.14. The molecule has 0 fully saturated rings. The van der Waals surface area contributed by atoms with Gasteiger partial charge in [0, 0.05) is 19.2 Å². The molecular weight excluding hydrogens is 375 g/mol. The third kappa shape index (κ3) is 3.91. The maximum Gasteiger partial charge on any atom is 0.278 e. The van der Waals surface area contributed by atoms with Gasteiger partial charge in [0.05, 0.1) is 18.3 Å². The molecule has 0 radical (unpaired) electrons. The van der Waals surface area contributed by atoms with Gasteiger partial charge in [-0.25, -0.2) is 9.40 Å². The lowest BCUT2D eigenvalue weighted by Crippen LogP contribution is -2.35. The number of nitrogens with two attached hydrogens (primary N) is 1.